The molecule has 1 aromatic carbocycles. The summed E-state index contributed by atoms with van der Waals surface area (Å²) in [7, 11) is 0. The van der Waals surface area contributed by atoms with E-state index in [4.69, 9.17) is 0 Å². The standard InChI is InChI=1S/C8H6N2.C3H5NO/c1-2-4-8-7(3-1)5-9-6-10-8;1-2-5-3-4-1/h1-6H;3H,1-2H2. The van der Waals surface area contributed by atoms with Crippen LogP contribution in [-0.2, 0) is 4.74 Å². The van der Waals surface area contributed by atoms with Crippen molar-refractivity contribution in [3.8, 4) is 0 Å². The largest absolute Gasteiger partial charge is 0.482 e. The second-order valence-electron chi connectivity index (χ2n) is 2.96. The Balaban J connectivity index is 0.000000144. The van der Waals surface area contributed by atoms with Crippen LogP contribution < -0.4 is 0 Å². The Labute approximate surface area is 87.7 Å². The predicted molar refractivity (Wildman–Crippen MR) is 58.8 cm³/mol. The normalized spacial score (nSPS) is 13.1. The van der Waals surface area contributed by atoms with Crippen LogP contribution in [0.25, 0.3) is 10.9 Å². The molecule has 15 heavy (non-hydrogen) atoms. The van der Waals surface area contributed by atoms with E-state index in [1.807, 2.05) is 30.5 Å². The first-order valence-electron chi connectivity index (χ1n) is 4.71. The third-order valence-electron chi connectivity index (χ3n) is 1.90. The zero-order valence-electron chi connectivity index (χ0n) is 8.21. The second kappa shape index (κ2) is 5.05. The van der Waals surface area contributed by atoms with E-state index < -0.39 is 0 Å². The number of hydrogen-bond donors (Lipinski definition) is 0. The van der Waals surface area contributed by atoms with E-state index in [1.54, 1.807) is 6.33 Å². The van der Waals surface area contributed by atoms with Crippen LogP contribution in [0.5, 0.6) is 0 Å². The van der Waals surface area contributed by atoms with Crippen molar-refractivity contribution < 1.29 is 4.74 Å². The summed E-state index contributed by atoms with van der Waals surface area (Å²) in [6.45, 7) is 1.62. The second-order valence-corrected chi connectivity index (χ2v) is 2.96. The number of ether oxygens (including phenoxy) is 1. The first-order valence-corrected chi connectivity index (χ1v) is 4.71. The van der Waals surface area contributed by atoms with E-state index in [1.165, 1.54) is 6.40 Å². The molecule has 0 amide bonds. The average molecular weight is 201 g/mol. The summed E-state index contributed by atoms with van der Waals surface area (Å²) in [5.41, 5.74) is 0.998. The summed E-state index contributed by atoms with van der Waals surface area (Å²) < 4.78 is 4.65. The highest BCUT2D eigenvalue weighted by atomic mass is 16.5. The first kappa shape index (κ1) is 9.58. The van der Waals surface area contributed by atoms with Crippen LogP contribution in [0.3, 0.4) is 0 Å². The lowest BCUT2D eigenvalue weighted by Crippen LogP contribution is -1.80. The summed E-state index contributed by atoms with van der Waals surface area (Å²) in [5.74, 6) is 0. The van der Waals surface area contributed by atoms with Gasteiger partial charge in [0, 0.05) is 11.6 Å². The number of rotatable bonds is 0. The molecule has 0 saturated carbocycles. The lowest BCUT2D eigenvalue weighted by atomic mass is 10.2. The van der Waals surface area contributed by atoms with Crippen molar-refractivity contribution in [1.29, 1.82) is 0 Å². The minimum atomic E-state index is 0.778. The number of fused-ring (bicyclic) bond motifs is 1. The highest BCUT2D eigenvalue weighted by molar-refractivity contribution is 5.76. The van der Waals surface area contributed by atoms with Gasteiger partial charge in [0.05, 0.1) is 12.1 Å². The van der Waals surface area contributed by atoms with Gasteiger partial charge in [-0.25, -0.2) is 9.97 Å². The topological polar surface area (TPSA) is 47.4 Å². The first-order chi connectivity index (χ1) is 7.47. The fourth-order valence-electron chi connectivity index (χ4n) is 1.19. The molecule has 2 heterocycles. The number of hydrogen-bond acceptors (Lipinski definition) is 4. The molecule has 0 aliphatic carbocycles. The van der Waals surface area contributed by atoms with Crippen LogP contribution in [0.1, 0.15) is 0 Å². The Morgan fingerprint density at radius 1 is 1.20 bits per heavy atom. The molecule has 1 aliphatic rings. The van der Waals surface area contributed by atoms with E-state index in [0.717, 1.165) is 24.1 Å². The van der Waals surface area contributed by atoms with E-state index >= 15 is 0 Å². The molecule has 0 atom stereocenters. The van der Waals surface area contributed by atoms with Crippen LogP contribution in [0.4, 0.5) is 0 Å². The molecule has 0 spiro atoms. The third kappa shape index (κ3) is 2.74. The van der Waals surface area contributed by atoms with Crippen molar-refractivity contribution in [2.45, 2.75) is 0 Å². The minimum absolute atomic E-state index is 0.778. The molecule has 1 aromatic heterocycles. The Bertz CT molecular complexity index is 385. The van der Waals surface area contributed by atoms with E-state index in [-0.39, 0.29) is 0 Å². The van der Waals surface area contributed by atoms with Gasteiger partial charge >= 0.3 is 0 Å². The maximum atomic E-state index is 4.65. The lowest BCUT2D eigenvalue weighted by molar-refractivity contribution is 0.361. The van der Waals surface area contributed by atoms with Gasteiger partial charge in [-0.05, 0) is 6.07 Å². The number of benzene rings is 1. The highest BCUT2D eigenvalue weighted by Crippen LogP contribution is 2.06. The quantitative estimate of drug-likeness (QED) is 0.651. The molecule has 76 valence electrons. The summed E-state index contributed by atoms with van der Waals surface area (Å²) in [5, 5.41) is 1.09. The summed E-state index contributed by atoms with van der Waals surface area (Å²) in [6.07, 6.45) is 4.85. The molecule has 1 aliphatic heterocycles. The molecule has 4 heteroatoms. The average Bonchev–Trinajstić information content (AvgIpc) is 2.88. The summed E-state index contributed by atoms with van der Waals surface area (Å²) >= 11 is 0. The number of aliphatic imine (C=N–C) groups is 1. The maximum absolute atomic E-state index is 4.65. The van der Waals surface area contributed by atoms with Crippen molar-refractivity contribution in [3.05, 3.63) is 36.8 Å². The van der Waals surface area contributed by atoms with Gasteiger partial charge in [-0.3, -0.25) is 4.99 Å². The van der Waals surface area contributed by atoms with Gasteiger partial charge in [0.2, 0.25) is 0 Å². The molecule has 0 unspecified atom stereocenters. The summed E-state index contributed by atoms with van der Waals surface area (Å²) in [6, 6.07) is 7.91. The van der Waals surface area contributed by atoms with Gasteiger partial charge in [0.15, 0.2) is 6.40 Å². The monoisotopic (exact) mass is 201 g/mol. The smallest absolute Gasteiger partial charge is 0.169 e. The maximum Gasteiger partial charge on any atom is 0.169 e. The molecule has 0 fully saturated rings. The van der Waals surface area contributed by atoms with Crippen LogP contribution >= 0.6 is 0 Å². The zero-order valence-corrected chi connectivity index (χ0v) is 8.21. The fourth-order valence-corrected chi connectivity index (χ4v) is 1.19. The molecular formula is C11H11N3O. The zero-order chi connectivity index (χ0) is 10.3. The fraction of sp³-hybridized carbons (Fsp3) is 0.182. The van der Waals surface area contributed by atoms with Gasteiger partial charge in [-0.2, -0.15) is 0 Å². The molecule has 4 nitrogen and oxygen atoms in total. The predicted octanol–water partition coefficient (Wildman–Crippen LogP) is 1.67. The molecule has 3 rings (SSSR count). The lowest BCUT2D eigenvalue weighted by Gasteiger charge is -1.90. The summed E-state index contributed by atoms with van der Waals surface area (Å²) in [4.78, 5) is 11.7. The van der Waals surface area contributed by atoms with Gasteiger partial charge < -0.3 is 4.74 Å². The van der Waals surface area contributed by atoms with Crippen LogP contribution in [0, 0.1) is 0 Å². The van der Waals surface area contributed by atoms with Gasteiger partial charge in [-0.15, -0.1) is 0 Å². The highest BCUT2D eigenvalue weighted by Gasteiger charge is 1.87. The molecular weight excluding hydrogens is 190 g/mol. The number of aromatic nitrogens is 2. The van der Waals surface area contributed by atoms with Gasteiger partial charge in [-0.1, -0.05) is 18.2 Å². The van der Waals surface area contributed by atoms with Crippen molar-refractivity contribution in [1.82, 2.24) is 9.97 Å². The number of para-hydroxylation sites is 1. The van der Waals surface area contributed by atoms with Crippen LogP contribution in [-0.4, -0.2) is 29.5 Å². The SMILES string of the molecule is C1=NCCO1.c1ccc2ncncc2c1. The van der Waals surface area contributed by atoms with Gasteiger partial charge in [0.1, 0.15) is 12.9 Å². The van der Waals surface area contributed by atoms with E-state index in [2.05, 4.69) is 19.7 Å². The van der Waals surface area contributed by atoms with Crippen molar-refractivity contribution >= 4 is 17.3 Å². The van der Waals surface area contributed by atoms with E-state index in [9.17, 15) is 0 Å². The Hall–Kier alpha value is -1.97. The van der Waals surface area contributed by atoms with Gasteiger partial charge in [0.25, 0.3) is 0 Å². The minimum Gasteiger partial charge on any atom is -0.482 e. The van der Waals surface area contributed by atoms with E-state index in [0.29, 0.717) is 0 Å². The molecule has 0 bridgehead atoms. The molecule has 0 N–H and O–H groups in total. The Morgan fingerprint density at radius 3 is 2.80 bits per heavy atom. The van der Waals surface area contributed by atoms with Crippen LogP contribution in [0.15, 0.2) is 41.8 Å². The van der Waals surface area contributed by atoms with Crippen molar-refractivity contribution in [3.63, 3.8) is 0 Å². The van der Waals surface area contributed by atoms with Crippen molar-refractivity contribution in [2.75, 3.05) is 13.2 Å². The molecule has 0 radical (unpaired) electrons. The Kier molecular flexibility index (Phi) is 3.22. The Morgan fingerprint density at radius 2 is 2.13 bits per heavy atom. The number of nitrogens with zero attached hydrogens (tertiary/aromatic N) is 3. The molecule has 0 saturated heterocycles. The van der Waals surface area contributed by atoms with Crippen LogP contribution in [0.2, 0.25) is 0 Å². The third-order valence-corrected chi connectivity index (χ3v) is 1.90. The van der Waals surface area contributed by atoms with Crippen molar-refractivity contribution in [2.24, 2.45) is 4.99 Å². The molecule has 2 aromatic rings.